The summed E-state index contributed by atoms with van der Waals surface area (Å²) in [6, 6.07) is 2.15. The molecule has 0 amide bonds. The summed E-state index contributed by atoms with van der Waals surface area (Å²) in [5.41, 5.74) is -0.520. The first kappa shape index (κ1) is 24.3. The van der Waals surface area contributed by atoms with Gasteiger partial charge in [0, 0.05) is 6.20 Å². The Morgan fingerprint density at radius 2 is 1.94 bits per heavy atom. The minimum atomic E-state index is -0.836. The third-order valence-electron chi connectivity index (χ3n) is 11.1. The van der Waals surface area contributed by atoms with Crippen molar-refractivity contribution in [2.45, 2.75) is 116 Å². The molecule has 188 valence electrons. The summed E-state index contributed by atoms with van der Waals surface area (Å²) in [6.07, 6.45) is 17.3. The Morgan fingerprint density at radius 1 is 1.15 bits per heavy atom. The largest absolute Gasteiger partial charge is 0.390 e. The summed E-state index contributed by atoms with van der Waals surface area (Å²) < 4.78 is 1.77. The Hall–Kier alpha value is -1.38. The van der Waals surface area contributed by atoms with E-state index >= 15 is 0 Å². The molecule has 2 N–H and O–H groups in total. The van der Waals surface area contributed by atoms with E-state index in [1.807, 2.05) is 6.92 Å². The third-order valence-corrected chi connectivity index (χ3v) is 11.1. The highest BCUT2D eigenvalue weighted by Gasteiger charge is 2.59. The van der Waals surface area contributed by atoms with Crippen LogP contribution >= 0.6 is 0 Å². The van der Waals surface area contributed by atoms with Gasteiger partial charge in [0.05, 0.1) is 29.5 Å². The van der Waals surface area contributed by atoms with Crippen molar-refractivity contribution in [3.05, 3.63) is 18.0 Å². The molecular formula is C29H45N3O2. The maximum atomic E-state index is 11.8. The molecule has 0 spiro atoms. The number of rotatable bonds is 5. The zero-order chi connectivity index (χ0) is 24.1. The Kier molecular flexibility index (Phi) is 6.39. The molecule has 4 fully saturated rings. The molecule has 0 radical (unpaired) electrons. The van der Waals surface area contributed by atoms with Crippen molar-refractivity contribution in [2.75, 3.05) is 0 Å². The number of hydrogen-bond donors (Lipinski definition) is 2. The van der Waals surface area contributed by atoms with Gasteiger partial charge in [0.2, 0.25) is 0 Å². The zero-order valence-electron chi connectivity index (χ0n) is 21.5. The van der Waals surface area contributed by atoms with Crippen LogP contribution in [0.2, 0.25) is 0 Å². The van der Waals surface area contributed by atoms with Gasteiger partial charge in [-0.1, -0.05) is 26.7 Å². The van der Waals surface area contributed by atoms with Crippen LogP contribution in [0.5, 0.6) is 0 Å². The SMILES string of the molecule is CCC[C@@]1(O)CC[C@H]2[C@H](CC[C@@H]3[C@@H]2CC[C@]2(C)C(C(C)(O)Cn4cc(C#N)cn4)CCC[C@@H]32)C1. The number of nitrogens with zero attached hydrogens (tertiary/aromatic N) is 3. The van der Waals surface area contributed by atoms with Crippen molar-refractivity contribution in [1.29, 1.82) is 5.26 Å². The van der Waals surface area contributed by atoms with Gasteiger partial charge in [-0.05, 0) is 112 Å². The lowest BCUT2D eigenvalue weighted by atomic mass is 9.43. The fourth-order valence-corrected chi connectivity index (χ4v) is 9.82. The average molecular weight is 468 g/mol. The van der Waals surface area contributed by atoms with E-state index in [9.17, 15) is 10.2 Å². The second kappa shape index (κ2) is 8.93. The topological polar surface area (TPSA) is 82.1 Å². The van der Waals surface area contributed by atoms with E-state index in [2.05, 4.69) is 25.0 Å². The minimum absolute atomic E-state index is 0.165. The summed E-state index contributed by atoms with van der Waals surface area (Å²) in [6.45, 7) is 7.16. The van der Waals surface area contributed by atoms with Gasteiger partial charge >= 0.3 is 0 Å². The fraction of sp³-hybridized carbons (Fsp3) is 0.862. The highest BCUT2D eigenvalue weighted by molar-refractivity contribution is 5.21. The van der Waals surface area contributed by atoms with E-state index in [0.717, 1.165) is 49.9 Å². The number of aliphatic hydroxyl groups is 2. The lowest BCUT2D eigenvalue weighted by Gasteiger charge is -2.62. The quantitative estimate of drug-likeness (QED) is 0.582. The maximum Gasteiger partial charge on any atom is 0.102 e. The summed E-state index contributed by atoms with van der Waals surface area (Å²) in [5, 5.41) is 36.4. The predicted octanol–water partition coefficient (Wildman–Crippen LogP) is 5.70. The summed E-state index contributed by atoms with van der Waals surface area (Å²) in [5.74, 6) is 4.07. The molecule has 1 aromatic rings. The summed E-state index contributed by atoms with van der Waals surface area (Å²) >= 11 is 0. The third kappa shape index (κ3) is 4.13. The lowest BCUT2D eigenvalue weighted by Crippen LogP contribution is -2.58. The Balaban J connectivity index is 1.33. The van der Waals surface area contributed by atoms with Crippen molar-refractivity contribution in [3.63, 3.8) is 0 Å². The molecule has 0 aromatic carbocycles. The smallest absolute Gasteiger partial charge is 0.102 e. The van der Waals surface area contributed by atoms with E-state index in [0.29, 0.717) is 23.9 Å². The van der Waals surface area contributed by atoms with Gasteiger partial charge in [0.15, 0.2) is 0 Å². The highest BCUT2D eigenvalue weighted by Crippen LogP contribution is 2.64. The standard InChI is InChI=1S/C29H45N3O2/c1-4-12-29(34)14-11-22-21(15-29)8-9-24-23(22)10-13-27(2)25(24)6-5-7-26(27)28(3,33)19-32-18-20(16-30)17-31-32/h17-18,21-26,33-34H,4-15,19H2,1-3H3/t21-,22+,23-,24-,25+,26?,27+,28?,29-/m1/s1. The molecule has 4 saturated carbocycles. The molecule has 0 saturated heterocycles. The van der Waals surface area contributed by atoms with Crippen molar-refractivity contribution < 1.29 is 10.2 Å². The second-order valence-electron chi connectivity index (χ2n) is 13.1. The molecule has 5 rings (SSSR count). The molecule has 0 aliphatic heterocycles. The van der Waals surface area contributed by atoms with Gasteiger partial charge in [-0.3, -0.25) is 4.68 Å². The first-order chi connectivity index (χ1) is 16.2. The van der Waals surface area contributed by atoms with Gasteiger partial charge in [-0.15, -0.1) is 0 Å². The van der Waals surface area contributed by atoms with Gasteiger partial charge < -0.3 is 10.2 Å². The van der Waals surface area contributed by atoms with Crippen molar-refractivity contribution in [2.24, 2.45) is 40.9 Å². The molecule has 2 unspecified atom stereocenters. The molecular weight excluding hydrogens is 422 g/mol. The molecule has 9 atom stereocenters. The number of fused-ring (bicyclic) bond motifs is 5. The van der Waals surface area contributed by atoms with E-state index in [1.54, 1.807) is 17.1 Å². The van der Waals surface area contributed by atoms with Gasteiger partial charge in [-0.2, -0.15) is 10.4 Å². The molecule has 4 aliphatic rings. The number of nitriles is 1. The second-order valence-corrected chi connectivity index (χ2v) is 13.1. The van der Waals surface area contributed by atoms with Crippen LogP contribution in [0.1, 0.15) is 103 Å². The van der Waals surface area contributed by atoms with Gasteiger partial charge in [0.25, 0.3) is 0 Å². The van der Waals surface area contributed by atoms with E-state index in [4.69, 9.17) is 5.26 Å². The van der Waals surface area contributed by atoms with E-state index in [1.165, 1.54) is 44.9 Å². The normalized spacial score (nSPS) is 43.6. The van der Waals surface area contributed by atoms with Crippen LogP contribution in [-0.2, 0) is 6.54 Å². The summed E-state index contributed by atoms with van der Waals surface area (Å²) in [4.78, 5) is 0. The van der Waals surface area contributed by atoms with Crippen LogP contribution < -0.4 is 0 Å². The van der Waals surface area contributed by atoms with Crippen LogP contribution in [0.15, 0.2) is 12.4 Å². The van der Waals surface area contributed by atoms with Gasteiger partial charge in [-0.25, -0.2) is 0 Å². The molecule has 5 heteroatoms. The van der Waals surface area contributed by atoms with Crippen molar-refractivity contribution in [3.8, 4) is 6.07 Å². The Morgan fingerprint density at radius 3 is 2.68 bits per heavy atom. The summed E-state index contributed by atoms with van der Waals surface area (Å²) in [7, 11) is 0. The molecule has 34 heavy (non-hydrogen) atoms. The van der Waals surface area contributed by atoms with E-state index in [-0.39, 0.29) is 11.3 Å². The number of hydrogen-bond acceptors (Lipinski definition) is 4. The molecule has 1 aromatic heterocycles. The van der Waals surface area contributed by atoms with Crippen LogP contribution in [0.3, 0.4) is 0 Å². The van der Waals surface area contributed by atoms with Gasteiger partial charge in [0.1, 0.15) is 6.07 Å². The predicted molar refractivity (Wildman–Crippen MR) is 133 cm³/mol. The van der Waals surface area contributed by atoms with Crippen molar-refractivity contribution >= 4 is 0 Å². The average Bonchev–Trinajstić information content (AvgIpc) is 3.24. The first-order valence-corrected chi connectivity index (χ1v) is 14.1. The van der Waals surface area contributed by atoms with Crippen molar-refractivity contribution in [1.82, 2.24) is 9.78 Å². The van der Waals surface area contributed by atoms with Crippen LogP contribution in [0, 0.1) is 52.3 Å². The molecule has 4 aliphatic carbocycles. The van der Waals surface area contributed by atoms with Crippen LogP contribution in [0.25, 0.3) is 0 Å². The zero-order valence-corrected chi connectivity index (χ0v) is 21.5. The monoisotopic (exact) mass is 467 g/mol. The van der Waals surface area contributed by atoms with Crippen LogP contribution in [0.4, 0.5) is 0 Å². The molecule has 5 nitrogen and oxygen atoms in total. The highest BCUT2D eigenvalue weighted by atomic mass is 16.3. The van der Waals surface area contributed by atoms with Crippen LogP contribution in [-0.4, -0.2) is 31.2 Å². The Labute approximate surface area is 205 Å². The fourth-order valence-electron chi connectivity index (χ4n) is 9.82. The van der Waals surface area contributed by atoms with E-state index < -0.39 is 11.2 Å². The first-order valence-electron chi connectivity index (χ1n) is 14.1. The molecule has 0 bridgehead atoms. The Bertz CT molecular complexity index is 919. The minimum Gasteiger partial charge on any atom is -0.390 e. The molecule has 1 heterocycles. The lowest BCUT2D eigenvalue weighted by molar-refractivity contribution is -0.171. The maximum absolute atomic E-state index is 11.8. The number of aromatic nitrogens is 2.